The predicted octanol–water partition coefficient (Wildman–Crippen LogP) is 4.72. The number of aromatic amines is 1. The molecule has 0 fully saturated rings. The van der Waals surface area contributed by atoms with Gasteiger partial charge in [0, 0.05) is 49.3 Å². The Labute approximate surface area is 177 Å². The number of nitrogens with zero attached hydrogens (tertiary/aromatic N) is 1. The van der Waals surface area contributed by atoms with Crippen LogP contribution in [0.1, 0.15) is 22.6 Å². The van der Waals surface area contributed by atoms with Gasteiger partial charge in [-0.25, -0.2) is 0 Å². The van der Waals surface area contributed by atoms with E-state index in [1.165, 1.54) is 16.5 Å². The minimum atomic E-state index is 0.0379. The summed E-state index contributed by atoms with van der Waals surface area (Å²) < 4.78 is 0. The van der Waals surface area contributed by atoms with Crippen molar-refractivity contribution in [2.75, 3.05) is 25.5 Å². The van der Waals surface area contributed by atoms with Crippen LogP contribution in [0.5, 0.6) is 0 Å². The summed E-state index contributed by atoms with van der Waals surface area (Å²) in [4.78, 5) is 18.1. The van der Waals surface area contributed by atoms with Gasteiger partial charge in [-0.05, 0) is 34.9 Å². The molecular formula is C26H27N3O. The Morgan fingerprint density at radius 3 is 2.37 bits per heavy atom. The third kappa shape index (κ3) is 4.38. The first-order chi connectivity index (χ1) is 14.6. The third-order valence-electron chi connectivity index (χ3n) is 5.52. The van der Waals surface area contributed by atoms with Crippen LogP contribution in [0.2, 0.25) is 0 Å². The number of anilines is 1. The second-order valence-electron chi connectivity index (χ2n) is 7.79. The average Bonchev–Trinajstić information content (AvgIpc) is 3.19. The maximum absolute atomic E-state index is 12.6. The van der Waals surface area contributed by atoms with Crippen LogP contribution in [0.25, 0.3) is 10.9 Å². The molecule has 1 amide bonds. The highest BCUT2D eigenvalue weighted by Gasteiger charge is 2.19. The number of hydrogen-bond donors (Lipinski definition) is 2. The van der Waals surface area contributed by atoms with Crippen LogP contribution in [0, 0.1) is 0 Å². The first-order valence-corrected chi connectivity index (χ1v) is 10.3. The maximum Gasteiger partial charge on any atom is 0.224 e. The van der Waals surface area contributed by atoms with Crippen molar-refractivity contribution < 1.29 is 4.79 Å². The molecule has 0 unspecified atom stereocenters. The van der Waals surface area contributed by atoms with Crippen molar-refractivity contribution in [3.8, 4) is 0 Å². The smallest absolute Gasteiger partial charge is 0.224 e. The summed E-state index contributed by atoms with van der Waals surface area (Å²) in [7, 11) is 4.08. The monoisotopic (exact) mass is 397 g/mol. The maximum atomic E-state index is 12.6. The summed E-state index contributed by atoms with van der Waals surface area (Å²) in [6, 6.07) is 26.7. The second-order valence-corrected chi connectivity index (χ2v) is 7.79. The largest absolute Gasteiger partial charge is 0.378 e. The van der Waals surface area contributed by atoms with Crippen LogP contribution in [-0.4, -0.2) is 31.5 Å². The van der Waals surface area contributed by atoms with Crippen molar-refractivity contribution in [1.82, 2.24) is 10.3 Å². The van der Waals surface area contributed by atoms with Gasteiger partial charge in [0.1, 0.15) is 0 Å². The molecule has 0 aliphatic heterocycles. The van der Waals surface area contributed by atoms with Crippen LogP contribution >= 0.6 is 0 Å². The first-order valence-electron chi connectivity index (χ1n) is 10.3. The van der Waals surface area contributed by atoms with Crippen molar-refractivity contribution in [1.29, 1.82) is 0 Å². The Kier molecular flexibility index (Phi) is 5.84. The second kappa shape index (κ2) is 8.87. The predicted molar refractivity (Wildman–Crippen MR) is 124 cm³/mol. The lowest BCUT2D eigenvalue weighted by Gasteiger charge is -2.20. The molecule has 0 aliphatic rings. The third-order valence-corrected chi connectivity index (χ3v) is 5.52. The summed E-state index contributed by atoms with van der Waals surface area (Å²) in [5.74, 6) is 0.105. The Bertz CT molecular complexity index is 1110. The van der Waals surface area contributed by atoms with Gasteiger partial charge in [-0.3, -0.25) is 4.79 Å². The highest BCUT2D eigenvalue weighted by Crippen LogP contribution is 2.31. The Morgan fingerprint density at radius 1 is 0.933 bits per heavy atom. The van der Waals surface area contributed by atoms with E-state index in [4.69, 9.17) is 0 Å². The quantitative estimate of drug-likeness (QED) is 0.474. The number of carbonyl (C=O) groups is 1. The summed E-state index contributed by atoms with van der Waals surface area (Å²) in [6.45, 7) is 0.550. The minimum absolute atomic E-state index is 0.0379. The molecule has 0 spiro atoms. The van der Waals surface area contributed by atoms with Gasteiger partial charge in [-0.1, -0.05) is 60.7 Å². The average molecular weight is 398 g/mol. The van der Waals surface area contributed by atoms with E-state index in [0.29, 0.717) is 13.0 Å². The van der Waals surface area contributed by atoms with E-state index in [9.17, 15) is 4.79 Å². The lowest BCUT2D eigenvalue weighted by molar-refractivity contribution is -0.120. The normalized spacial score (nSPS) is 11.9. The Balaban J connectivity index is 1.59. The van der Waals surface area contributed by atoms with Crippen molar-refractivity contribution in [3.05, 3.63) is 102 Å². The summed E-state index contributed by atoms with van der Waals surface area (Å²) in [5, 5.41) is 4.35. The van der Waals surface area contributed by atoms with Crippen molar-refractivity contribution >= 4 is 22.5 Å². The zero-order valence-corrected chi connectivity index (χ0v) is 17.4. The number of H-pyrrole nitrogens is 1. The molecule has 3 aromatic carbocycles. The molecule has 2 N–H and O–H groups in total. The molecule has 152 valence electrons. The fourth-order valence-electron chi connectivity index (χ4n) is 3.85. The lowest BCUT2D eigenvalue weighted by Crippen LogP contribution is -2.30. The van der Waals surface area contributed by atoms with Crippen LogP contribution in [0.4, 0.5) is 5.69 Å². The van der Waals surface area contributed by atoms with Crippen molar-refractivity contribution in [2.24, 2.45) is 0 Å². The van der Waals surface area contributed by atoms with E-state index in [-0.39, 0.29) is 11.8 Å². The van der Waals surface area contributed by atoms with Crippen molar-refractivity contribution in [3.63, 3.8) is 0 Å². The standard InChI is InChI=1S/C26H27N3O/c1-29(2)21-14-12-20(13-15-21)23(24-18-27-25-11-7-6-10-22(24)25)17-28-26(30)16-19-8-4-3-5-9-19/h3-15,18,23,27H,16-17H2,1-2H3,(H,28,30)/t23-/m1/s1. The van der Waals surface area contributed by atoms with Crippen LogP contribution in [-0.2, 0) is 11.2 Å². The van der Waals surface area contributed by atoms with Gasteiger partial charge in [-0.2, -0.15) is 0 Å². The molecule has 4 aromatic rings. The van der Waals surface area contributed by atoms with Gasteiger partial charge in [0.15, 0.2) is 0 Å². The number of amides is 1. The molecule has 0 radical (unpaired) electrons. The van der Waals surface area contributed by atoms with Gasteiger partial charge in [0.25, 0.3) is 0 Å². The van der Waals surface area contributed by atoms with Gasteiger partial charge >= 0.3 is 0 Å². The molecule has 1 atom stereocenters. The summed E-state index contributed by atoms with van der Waals surface area (Å²) >= 11 is 0. The molecule has 1 aromatic heterocycles. The molecule has 0 bridgehead atoms. The highest BCUT2D eigenvalue weighted by molar-refractivity contribution is 5.84. The van der Waals surface area contributed by atoms with Crippen LogP contribution in [0.3, 0.4) is 0 Å². The molecule has 1 heterocycles. The number of para-hydroxylation sites is 1. The minimum Gasteiger partial charge on any atom is -0.378 e. The fourth-order valence-corrected chi connectivity index (χ4v) is 3.85. The van der Waals surface area contributed by atoms with Crippen molar-refractivity contribution in [2.45, 2.75) is 12.3 Å². The van der Waals surface area contributed by atoms with E-state index in [0.717, 1.165) is 16.8 Å². The number of hydrogen-bond acceptors (Lipinski definition) is 2. The highest BCUT2D eigenvalue weighted by atomic mass is 16.1. The topological polar surface area (TPSA) is 48.1 Å². The number of aromatic nitrogens is 1. The van der Waals surface area contributed by atoms with Gasteiger partial charge in [-0.15, -0.1) is 0 Å². The van der Waals surface area contributed by atoms with E-state index < -0.39 is 0 Å². The van der Waals surface area contributed by atoms with Crippen LogP contribution in [0.15, 0.2) is 85.1 Å². The lowest BCUT2D eigenvalue weighted by atomic mass is 9.90. The van der Waals surface area contributed by atoms with Gasteiger partial charge in [0.2, 0.25) is 5.91 Å². The molecule has 4 rings (SSSR count). The molecule has 30 heavy (non-hydrogen) atoms. The summed E-state index contributed by atoms with van der Waals surface area (Å²) in [5.41, 5.74) is 5.67. The summed E-state index contributed by atoms with van der Waals surface area (Å²) in [6.07, 6.45) is 2.46. The van der Waals surface area contributed by atoms with E-state index >= 15 is 0 Å². The molecule has 0 aliphatic carbocycles. The SMILES string of the molecule is CN(C)c1ccc([C@@H](CNC(=O)Cc2ccccc2)c2c[nH]c3ccccc23)cc1. The fraction of sp³-hybridized carbons (Fsp3) is 0.192. The van der Waals surface area contributed by atoms with Crippen LogP contribution < -0.4 is 10.2 Å². The zero-order valence-electron chi connectivity index (χ0n) is 17.4. The van der Waals surface area contributed by atoms with E-state index in [1.807, 2.05) is 50.5 Å². The van der Waals surface area contributed by atoms with E-state index in [1.54, 1.807) is 0 Å². The molecule has 4 heteroatoms. The Morgan fingerprint density at radius 2 is 1.63 bits per heavy atom. The zero-order chi connectivity index (χ0) is 20.9. The van der Waals surface area contributed by atoms with E-state index in [2.05, 4.69) is 63.9 Å². The van der Waals surface area contributed by atoms with Gasteiger partial charge < -0.3 is 15.2 Å². The first kappa shape index (κ1) is 19.8. The van der Waals surface area contributed by atoms with Gasteiger partial charge in [0.05, 0.1) is 6.42 Å². The number of benzene rings is 3. The Hall–Kier alpha value is -3.53. The molecule has 0 saturated heterocycles. The number of nitrogens with one attached hydrogen (secondary N) is 2. The molecule has 4 nitrogen and oxygen atoms in total. The number of fused-ring (bicyclic) bond motifs is 1. The number of carbonyl (C=O) groups excluding carboxylic acids is 1. The molecular weight excluding hydrogens is 370 g/mol. The number of rotatable bonds is 7. The molecule has 0 saturated carbocycles.